The second-order valence-electron chi connectivity index (χ2n) is 9.23. The first-order chi connectivity index (χ1) is 17.5. The molecule has 1 N–H and O–H groups in total. The molecule has 1 unspecified atom stereocenters. The number of rotatable bonds is 7. The molecule has 0 aliphatic carbocycles. The third-order valence-electron chi connectivity index (χ3n) is 6.82. The van der Waals surface area contributed by atoms with Gasteiger partial charge >= 0.3 is 6.18 Å². The number of nitrogens with one attached hydrogen (secondary N) is 1. The van der Waals surface area contributed by atoms with E-state index in [-0.39, 0.29) is 43.0 Å². The number of amides is 1. The molecule has 0 bridgehead atoms. The molecule has 3 saturated heterocycles. The molecule has 0 saturated carbocycles. The van der Waals surface area contributed by atoms with Crippen LogP contribution in [0.1, 0.15) is 29.8 Å². The van der Waals surface area contributed by atoms with E-state index in [1.54, 1.807) is 18.2 Å². The average Bonchev–Trinajstić information content (AvgIpc) is 3.50. The molecule has 1 aromatic heterocycles. The molecular formula is C23H23F3N6O4S. The minimum absolute atomic E-state index is 0.0393. The highest BCUT2D eigenvalue weighted by molar-refractivity contribution is 7.89. The Labute approximate surface area is 211 Å². The van der Waals surface area contributed by atoms with Crippen LogP contribution in [0.2, 0.25) is 0 Å². The SMILES string of the molecule is N#CC1CN(S(=O)(=O)c2cccc(C3(N4CCC[C@@H]4C(=O)NCc4cnc(C(F)(F)F)nc4)CO3)c2)C1. The molecule has 2 atom stereocenters. The van der Waals surface area contributed by atoms with Crippen LogP contribution in [-0.4, -0.2) is 65.8 Å². The van der Waals surface area contributed by atoms with Crippen LogP contribution in [0.25, 0.3) is 0 Å². The van der Waals surface area contributed by atoms with Crippen molar-refractivity contribution in [2.24, 2.45) is 5.92 Å². The number of alkyl halides is 3. The lowest BCUT2D eigenvalue weighted by Crippen LogP contribution is -2.49. The number of aromatic nitrogens is 2. The summed E-state index contributed by atoms with van der Waals surface area (Å²) in [5.74, 6) is -1.88. The van der Waals surface area contributed by atoms with E-state index in [1.807, 2.05) is 4.90 Å². The Hall–Kier alpha value is -3.12. The molecule has 5 rings (SSSR count). The second kappa shape index (κ2) is 9.32. The van der Waals surface area contributed by atoms with Crippen LogP contribution in [0.15, 0.2) is 41.6 Å². The topological polar surface area (TPSA) is 132 Å². The van der Waals surface area contributed by atoms with Crippen LogP contribution in [0.4, 0.5) is 13.2 Å². The van der Waals surface area contributed by atoms with Gasteiger partial charge in [0.2, 0.25) is 21.8 Å². The Morgan fingerprint density at radius 3 is 2.59 bits per heavy atom. The van der Waals surface area contributed by atoms with Crippen LogP contribution >= 0.6 is 0 Å². The minimum atomic E-state index is -4.64. The summed E-state index contributed by atoms with van der Waals surface area (Å²) in [6, 6.07) is 7.92. The first-order valence-corrected chi connectivity index (χ1v) is 13.1. The highest BCUT2D eigenvalue weighted by Crippen LogP contribution is 2.46. The van der Waals surface area contributed by atoms with Gasteiger partial charge in [0.15, 0.2) is 5.72 Å². The molecular weight excluding hydrogens is 513 g/mol. The van der Waals surface area contributed by atoms with Gasteiger partial charge in [-0.3, -0.25) is 9.69 Å². The summed E-state index contributed by atoms with van der Waals surface area (Å²) in [7, 11) is -3.76. The van der Waals surface area contributed by atoms with Gasteiger partial charge in [0.1, 0.15) is 0 Å². The summed E-state index contributed by atoms with van der Waals surface area (Å²) in [6.45, 7) is 1.11. The molecule has 2 aromatic rings. The molecule has 196 valence electrons. The second-order valence-corrected chi connectivity index (χ2v) is 11.2. The summed E-state index contributed by atoms with van der Waals surface area (Å²) in [5, 5.41) is 11.7. The lowest BCUT2D eigenvalue weighted by Gasteiger charge is -2.34. The molecule has 3 aliphatic rings. The van der Waals surface area contributed by atoms with Crippen molar-refractivity contribution in [1.29, 1.82) is 5.26 Å². The molecule has 0 radical (unpaired) electrons. The quantitative estimate of drug-likeness (QED) is 0.528. The van der Waals surface area contributed by atoms with Crippen LogP contribution in [0.3, 0.4) is 0 Å². The standard InChI is InChI=1S/C23H23F3N6O4S/c24-23(25,26)21-29-10-16(11-30-21)9-28-20(33)19-5-2-6-32(19)22(14-36-22)17-3-1-4-18(7-17)37(34,35)31-12-15(8-27)13-31/h1,3-4,7,10-11,15,19H,2,5-6,9,12-14H2,(H,28,33)/t19-,22?/m1/s1. The van der Waals surface area contributed by atoms with Crippen molar-refractivity contribution >= 4 is 15.9 Å². The zero-order valence-electron chi connectivity index (χ0n) is 19.5. The fourth-order valence-corrected chi connectivity index (χ4v) is 6.28. The van der Waals surface area contributed by atoms with Crippen molar-refractivity contribution in [2.75, 3.05) is 26.2 Å². The summed E-state index contributed by atoms with van der Waals surface area (Å²) in [4.78, 5) is 21.6. The van der Waals surface area contributed by atoms with Gasteiger partial charge in [0.05, 0.1) is 29.5 Å². The van der Waals surface area contributed by atoms with Crippen LogP contribution in [-0.2, 0) is 38.0 Å². The molecule has 14 heteroatoms. The van der Waals surface area contributed by atoms with E-state index in [9.17, 15) is 26.4 Å². The number of likely N-dealkylation sites (tertiary alicyclic amines) is 1. The van der Waals surface area contributed by atoms with Gasteiger partial charge in [-0.1, -0.05) is 12.1 Å². The summed E-state index contributed by atoms with van der Waals surface area (Å²) in [6.07, 6.45) is -1.33. The maximum absolute atomic E-state index is 13.0. The monoisotopic (exact) mass is 536 g/mol. The minimum Gasteiger partial charge on any atom is -0.351 e. The number of ether oxygens (including phenoxy) is 1. The number of carbonyl (C=O) groups is 1. The fourth-order valence-electron chi connectivity index (χ4n) is 4.70. The lowest BCUT2D eigenvalue weighted by atomic mass is 10.0. The van der Waals surface area contributed by atoms with Crippen molar-refractivity contribution < 1.29 is 31.1 Å². The van der Waals surface area contributed by atoms with E-state index in [0.717, 1.165) is 12.4 Å². The van der Waals surface area contributed by atoms with Gasteiger partial charge in [0.25, 0.3) is 0 Å². The number of nitriles is 1. The zero-order valence-corrected chi connectivity index (χ0v) is 20.3. The van der Waals surface area contributed by atoms with Crippen LogP contribution in [0, 0.1) is 17.2 Å². The molecule has 1 aromatic carbocycles. The maximum Gasteiger partial charge on any atom is 0.451 e. The summed E-state index contributed by atoms with van der Waals surface area (Å²) >= 11 is 0. The Kier molecular flexibility index (Phi) is 6.43. The number of epoxide rings is 1. The van der Waals surface area contributed by atoms with Crippen LogP contribution in [0.5, 0.6) is 0 Å². The smallest absolute Gasteiger partial charge is 0.351 e. The molecule has 37 heavy (non-hydrogen) atoms. The zero-order chi connectivity index (χ0) is 26.4. The van der Waals surface area contributed by atoms with E-state index in [4.69, 9.17) is 10.00 Å². The first kappa shape index (κ1) is 25.5. The van der Waals surface area contributed by atoms with Gasteiger partial charge in [-0.05, 0) is 25.0 Å². The van der Waals surface area contributed by atoms with Crippen molar-refractivity contribution in [3.05, 3.63) is 53.6 Å². The van der Waals surface area contributed by atoms with Crippen molar-refractivity contribution in [1.82, 2.24) is 24.5 Å². The van der Waals surface area contributed by atoms with Gasteiger partial charge in [-0.2, -0.15) is 22.7 Å². The Bertz CT molecular complexity index is 1340. The van der Waals surface area contributed by atoms with Gasteiger partial charge in [-0.25, -0.2) is 18.4 Å². The summed E-state index contributed by atoms with van der Waals surface area (Å²) in [5.41, 5.74) is -0.00126. The number of benzene rings is 1. The van der Waals surface area contributed by atoms with E-state index >= 15 is 0 Å². The van der Waals surface area contributed by atoms with E-state index in [1.165, 1.54) is 10.4 Å². The lowest BCUT2D eigenvalue weighted by molar-refractivity contribution is -0.145. The predicted octanol–water partition coefficient (Wildman–Crippen LogP) is 1.60. The number of nitrogens with zero attached hydrogens (tertiary/aromatic N) is 5. The van der Waals surface area contributed by atoms with Gasteiger partial charge < -0.3 is 10.1 Å². The van der Waals surface area contributed by atoms with Gasteiger partial charge in [-0.15, -0.1) is 0 Å². The number of carbonyl (C=O) groups excluding carboxylic acids is 1. The number of sulfonamides is 1. The number of hydrogen-bond acceptors (Lipinski definition) is 8. The Balaban J connectivity index is 1.28. The molecule has 0 spiro atoms. The number of halogens is 3. The van der Waals surface area contributed by atoms with E-state index in [2.05, 4.69) is 21.4 Å². The average molecular weight is 537 g/mol. The van der Waals surface area contributed by atoms with Crippen LogP contribution < -0.4 is 5.32 Å². The largest absolute Gasteiger partial charge is 0.451 e. The molecule has 1 amide bonds. The third kappa shape index (κ3) is 4.79. The highest BCUT2D eigenvalue weighted by Gasteiger charge is 2.56. The van der Waals surface area contributed by atoms with E-state index < -0.39 is 33.8 Å². The fraction of sp³-hybridized carbons (Fsp3) is 0.478. The van der Waals surface area contributed by atoms with Gasteiger partial charge in [0, 0.05) is 49.7 Å². The summed E-state index contributed by atoms with van der Waals surface area (Å²) < 4.78 is 71.0. The van der Waals surface area contributed by atoms with Crippen molar-refractivity contribution in [3.8, 4) is 6.07 Å². The molecule has 4 heterocycles. The molecule has 3 fully saturated rings. The predicted molar refractivity (Wildman–Crippen MR) is 121 cm³/mol. The third-order valence-corrected chi connectivity index (χ3v) is 8.64. The highest BCUT2D eigenvalue weighted by atomic mass is 32.2. The number of hydrogen-bond donors (Lipinski definition) is 1. The Morgan fingerprint density at radius 1 is 1.27 bits per heavy atom. The van der Waals surface area contributed by atoms with Crippen molar-refractivity contribution in [3.63, 3.8) is 0 Å². The normalized spacial score (nSPS) is 24.9. The molecule has 3 aliphatic heterocycles. The first-order valence-electron chi connectivity index (χ1n) is 11.6. The molecule has 10 nitrogen and oxygen atoms in total. The maximum atomic E-state index is 13.0. The van der Waals surface area contributed by atoms with E-state index in [0.29, 0.717) is 30.5 Å². The van der Waals surface area contributed by atoms with Crippen molar-refractivity contribution in [2.45, 2.75) is 42.2 Å². The Morgan fingerprint density at radius 2 is 1.97 bits per heavy atom.